The number of hydrogen-bond acceptors (Lipinski definition) is 3. The molecule has 0 saturated carbocycles. The van der Waals surface area contributed by atoms with Gasteiger partial charge in [0.15, 0.2) is 0 Å². The van der Waals surface area contributed by atoms with Gasteiger partial charge < -0.3 is 10.1 Å². The van der Waals surface area contributed by atoms with E-state index in [1.807, 2.05) is 0 Å². The molecule has 1 aromatic rings. The summed E-state index contributed by atoms with van der Waals surface area (Å²) in [7, 11) is 1.34. The van der Waals surface area contributed by atoms with Gasteiger partial charge >= 0.3 is 5.97 Å². The molecule has 1 N–H and O–H groups in total. The zero-order valence-corrected chi connectivity index (χ0v) is 10.8. The molecule has 0 heterocycles. The minimum absolute atomic E-state index is 0.242. The maximum Gasteiger partial charge on any atom is 0.307 e. The Bertz CT molecular complexity index is 373. The Labute approximate surface area is 109 Å². The summed E-state index contributed by atoms with van der Waals surface area (Å²) in [6.45, 7) is 0.397. The van der Waals surface area contributed by atoms with Gasteiger partial charge in [0.2, 0.25) is 0 Å². The first kappa shape index (κ1) is 13.4. The normalized spacial score (nSPS) is 10.0. The maximum absolute atomic E-state index is 10.9. The molecule has 3 nitrogen and oxygen atoms in total. The number of carbonyl (C=O) groups is 1. The van der Waals surface area contributed by atoms with Crippen LogP contribution in [0.25, 0.3) is 0 Å². The van der Waals surface area contributed by atoms with E-state index in [4.69, 9.17) is 34.8 Å². The number of carbonyl (C=O) groups excluding carboxylic acids is 1. The summed E-state index contributed by atoms with van der Waals surface area (Å²) < 4.78 is 4.50. The third kappa shape index (κ3) is 3.74. The number of hydrogen-bond donors (Lipinski definition) is 1. The molecule has 0 aliphatic heterocycles. The lowest BCUT2D eigenvalue weighted by molar-refractivity contribution is -0.140. The van der Waals surface area contributed by atoms with Gasteiger partial charge in [0, 0.05) is 11.6 Å². The van der Waals surface area contributed by atoms with Crippen molar-refractivity contribution in [2.24, 2.45) is 0 Å². The quantitative estimate of drug-likeness (QED) is 0.857. The third-order valence-electron chi connectivity index (χ3n) is 1.87. The molecule has 0 radical (unpaired) electrons. The van der Waals surface area contributed by atoms with Crippen molar-refractivity contribution in [3.05, 3.63) is 27.2 Å². The Hall–Kier alpha value is -0.640. The van der Waals surface area contributed by atoms with Crippen LogP contribution in [0, 0.1) is 0 Å². The monoisotopic (exact) mass is 281 g/mol. The van der Waals surface area contributed by atoms with Crippen molar-refractivity contribution in [2.45, 2.75) is 6.42 Å². The standard InChI is InChI=1S/C10H10Cl3NO2/c1-16-9(15)2-3-14-10-7(12)4-6(11)5-8(10)13/h4-5,14H,2-3H2,1H3. The van der Waals surface area contributed by atoms with Crippen LogP contribution in [0.1, 0.15) is 6.42 Å². The number of halogens is 3. The Morgan fingerprint density at radius 1 is 1.31 bits per heavy atom. The van der Waals surface area contributed by atoms with Crippen molar-refractivity contribution in [1.82, 2.24) is 0 Å². The first-order valence-corrected chi connectivity index (χ1v) is 5.63. The highest BCUT2D eigenvalue weighted by atomic mass is 35.5. The smallest absolute Gasteiger partial charge is 0.307 e. The topological polar surface area (TPSA) is 38.3 Å². The van der Waals surface area contributed by atoms with Gasteiger partial charge in [-0.2, -0.15) is 0 Å². The van der Waals surface area contributed by atoms with Crippen molar-refractivity contribution < 1.29 is 9.53 Å². The lowest BCUT2D eigenvalue weighted by Crippen LogP contribution is -2.10. The van der Waals surface area contributed by atoms with Crippen LogP contribution in [0.2, 0.25) is 15.1 Å². The van der Waals surface area contributed by atoms with Crippen molar-refractivity contribution in [3.8, 4) is 0 Å². The van der Waals surface area contributed by atoms with E-state index in [-0.39, 0.29) is 12.4 Å². The van der Waals surface area contributed by atoms with Crippen LogP contribution in [-0.2, 0) is 9.53 Å². The van der Waals surface area contributed by atoms with Crippen LogP contribution in [0.4, 0.5) is 5.69 Å². The van der Waals surface area contributed by atoms with E-state index in [1.54, 1.807) is 12.1 Å². The summed E-state index contributed by atoms with van der Waals surface area (Å²) in [6.07, 6.45) is 0.242. The SMILES string of the molecule is COC(=O)CCNc1c(Cl)cc(Cl)cc1Cl. The highest BCUT2D eigenvalue weighted by Gasteiger charge is 2.08. The highest BCUT2D eigenvalue weighted by molar-refractivity contribution is 6.41. The third-order valence-corrected chi connectivity index (χ3v) is 2.68. The summed E-state index contributed by atoms with van der Waals surface area (Å²) in [4.78, 5) is 10.9. The fourth-order valence-corrected chi connectivity index (χ4v) is 2.05. The van der Waals surface area contributed by atoms with E-state index in [9.17, 15) is 4.79 Å². The largest absolute Gasteiger partial charge is 0.469 e. The van der Waals surface area contributed by atoms with E-state index < -0.39 is 0 Å². The van der Waals surface area contributed by atoms with E-state index in [0.717, 1.165) is 0 Å². The molecule has 0 aliphatic carbocycles. The number of ether oxygens (including phenoxy) is 1. The molecular formula is C10H10Cl3NO2. The number of esters is 1. The Kier molecular flexibility index (Phi) is 5.19. The molecule has 0 amide bonds. The second-order valence-electron chi connectivity index (χ2n) is 3.00. The van der Waals surface area contributed by atoms with Crippen LogP contribution in [0.5, 0.6) is 0 Å². The van der Waals surface area contributed by atoms with E-state index in [1.165, 1.54) is 7.11 Å². The molecule has 1 aromatic carbocycles. The minimum atomic E-state index is -0.297. The van der Waals surface area contributed by atoms with Gasteiger partial charge in [-0.25, -0.2) is 0 Å². The Balaban J connectivity index is 2.64. The van der Waals surface area contributed by atoms with E-state index in [2.05, 4.69) is 10.1 Å². The summed E-state index contributed by atoms with van der Waals surface area (Å²) >= 11 is 17.6. The second-order valence-corrected chi connectivity index (χ2v) is 4.25. The number of benzene rings is 1. The first-order valence-electron chi connectivity index (χ1n) is 4.50. The Morgan fingerprint density at radius 2 is 1.88 bits per heavy atom. The van der Waals surface area contributed by atoms with Crippen molar-refractivity contribution in [2.75, 3.05) is 19.0 Å². The first-order chi connectivity index (χ1) is 7.54. The summed E-state index contributed by atoms with van der Waals surface area (Å²) in [5.41, 5.74) is 0.566. The summed E-state index contributed by atoms with van der Waals surface area (Å²) in [5.74, 6) is -0.297. The molecule has 0 fully saturated rings. The maximum atomic E-state index is 10.9. The van der Waals surface area contributed by atoms with Crippen LogP contribution in [0.3, 0.4) is 0 Å². The van der Waals surface area contributed by atoms with Gasteiger partial charge in [-0.05, 0) is 12.1 Å². The molecule has 0 spiro atoms. The number of anilines is 1. The molecule has 88 valence electrons. The number of nitrogens with one attached hydrogen (secondary N) is 1. The summed E-state index contributed by atoms with van der Waals surface area (Å²) in [6, 6.07) is 3.16. The predicted molar refractivity (Wildman–Crippen MR) is 66.6 cm³/mol. The number of rotatable bonds is 4. The fraction of sp³-hybridized carbons (Fsp3) is 0.300. The molecule has 0 bridgehead atoms. The van der Waals surface area contributed by atoms with Crippen LogP contribution < -0.4 is 5.32 Å². The predicted octanol–water partition coefficient (Wildman–Crippen LogP) is 3.62. The van der Waals surface area contributed by atoms with Crippen molar-refractivity contribution >= 4 is 46.5 Å². The molecular weight excluding hydrogens is 272 g/mol. The molecule has 6 heteroatoms. The molecule has 1 rings (SSSR count). The fourth-order valence-electron chi connectivity index (χ4n) is 1.10. The van der Waals surface area contributed by atoms with Crippen molar-refractivity contribution in [3.63, 3.8) is 0 Å². The number of methoxy groups -OCH3 is 1. The zero-order valence-electron chi connectivity index (χ0n) is 8.52. The van der Waals surface area contributed by atoms with Gasteiger partial charge in [-0.1, -0.05) is 34.8 Å². The Morgan fingerprint density at radius 3 is 2.38 bits per heavy atom. The lowest BCUT2D eigenvalue weighted by Gasteiger charge is -2.10. The van der Waals surface area contributed by atoms with Gasteiger partial charge in [-0.15, -0.1) is 0 Å². The van der Waals surface area contributed by atoms with E-state index >= 15 is 0 Å². The second kappa shape index (κ2) is 6.18. The van der Waals surface area contributed by atoms with Crippen LogP contribution >= 0.6 is 34.8 Å². The van der Waals surface area contributed by atoms with Gasteiger partial charge in [0.25, 0.3) is 0 Å². The zero-order chi connectivity index (χ0) is 12.1. The van der Waals surface area contributed by atoms with Gasteiger partial charge in [0.1, 0.15) is 0 Å². The van der Waals surface area contributed by atoms with Gasteiger partial charge in [0.05, 0.1) is 29.3 Å². The lowest BCUT2D eigenvalue weighted by atomic mass is 10.3. The van der Waals surface area contributed by atoms with Crippen LogP contribution in [-0.4, -0.2) is 19.6 Å². The average molecular weight is 283 g/mol. The molecule has 16 heavy (non-hydrogen) atoms. The average Bonchev–Trinajstić information content (AvgIpc) is 2.21. The van der Waals surface area contributed by atoms with Crippen LogP contribution in [0.15, 0.2) is 12.1 Å². The molecule has 0 saturated heterocycles. The summed E-state index contributed by atoms with van der Waals surface area (Å²) in [5, 5.41) is 4.25. The highest BCUT2D eigenvalue weighted by Crippen LogP contribution is 2.33. The minimum Gasteiger partial charge on any atom is -0.469 e. The molecule has 0 aromatic heterocycles. The molecule has 0 atom stereocenters. The van der Waals surface area contributed by atoms with E-state index in [0.29, 0.717) is 27.3 Å². The molecule has 0 unspecified atom stereocenters. The molecule has 0 aliphatic rings. The van der Waals surface area contributed by atoms with Gasteiger partial charge in [-0.3, -0.25) is 4.79 Å². The van der Waals surface area contributed by atoms with Crippen molar-refractivity contribution in [1.29, 1.82) is 0 Å².